The highest BCUT2D eigenvalue weighted by Crippen LogP contribution is 2.30. The number of thiophene rings is 1. The molecule has 0 saturated carbocycles. The van der Waals surface area contributed by atoms with E-state index in [-0.39, 0.29) is 5.69 Å². The van der Waals surface area contributed by atoms with E-state index in [1.165, 1.54) is 29.2 Å². The number of allylic oxidation sites excluding steroid dienone is 1. The highest BCUT2D eigenvalue weighted by molar-refractivity contribution is 7.98. The van der Waals surface area contributed by atoms with E-state index in [2.05, 4.69) is 10.2 Å². The average Bonchev–Trinajstić information content (AvgIpc) is 3.05. The Kier molecular flexibility index (Phi) is 5.32. The van der Waals surface area contributed by atoms with Crippen LogP contribution < -0.4 is 0 Å². The first-order chi connectivity index (χ1) is 10.8. The molecule has 0 bridgehead atoms. The standard InChI is InChI=1S/C14H10F3N3OS2/c1-22-13-6-8(11-3-2-4-23-11)5-9(19-13)10(20-21)7-12(18)14(15,16)17/h2-7,18H,1H3/b10-7-,18-12?. The number of hydrogen-bond acceptors (Lipinski definition) is 6. The molecule has 0 radical (unpaired) electrons. The Morgan fingerprint density at radius 3 is 2.70 bits per heavy atom. The summed E-state index contributed by atoms with van der Waals surface area (Å²) < 4.78 is 37.4. The van der Waals surface area contributed by atoms with Gasteiger partial charge in [-0.3, -0.25) is 5.41 Å². The quantitative estimate of drug-likeness (QED) is 0.453. The number of alkyl halides is 3. The van der Waals surface area contributed by atoms with Crippen molar-refractivity contribution < 1.29 is 13.2 Å². The normalized spacial score (nSPS) is 12.3. The van der Waals surface area contributed by atoms with Crippen molar-refractivity contribution in [3.8, 4) is 10.4 Å². The van der Waals surface area contributed by atoms with E-state index >= 15 is 0 Å². The lowest BCUT2D eigenvalue weighted by Crippen LogP contribution is -2.19. The van der Waals surface area contributed by atoms with Gasteiger partial charge in [-0.1, -0.05) is 6.07 Å². The van der Waals surface area contributed by atoms with Gasteiger partial charge in [-0.2, -0.15) is 13.2 Å². The van der Waals surface area contributed by atoms with Crippen molar-refractivity contribution >= 4 is 34.5 Å². The van der Waals surface area contributed by atoms with Gasteiger partial charge in [0.05, 0.1) is 10.7 Å². The lowest BCUT2D eigenvalue weighted by molar-refractivity contribution is -0.0583. The third-order valence-electron chi connectivity index (χ3n) is 2.76. The molecule has 0 spiro atoms. The molecule has 0 aliphatic heterocycles. The predicted molar refractivity (Wildman–Crippen MR) is 86.9 cm³/mol. The fourth-order valence-electron chi connectivity index (χ4n) is 1.69. The Labute approximate surface area is 137 Å². The zero-order chi connectivity index (χ0) is 17.0. The van der Waals surface area contributed by atoms with Crippen molar-refractivity contribution in [3.63, 3.8) is 0 Å². The van der Waals surface area contributed by atoms with Crippen LogP contribution in [0.1, 0.15) is 5.69 Å². The largest absolute Gasteiger partial charge is 0.432 e. The molecule has 0 saturated heterocycles. The summed E-state index contributed by atoms with van der Waals surface area (Å²) >= 11 is 2.75. The van der Waals surface area contributed by atoms with Gasteiger partial charge in [0.25, 0.3) is 0 Å². The molecular formula is C14H10F3N3OS2. The Balaban J connectivity index is 2.52. The molecule has 2 heterocycles. The molecule has 0 aliphatic carbocycles. The summed E-state index contributed by atoms with van der Waals surface area (Å²) in [6, 6.07) is 6.95. The summed E-state index contributed by atoms with van der Waals surface area (Å²) in [5, 5.41) is 12.0. The van der Waals surface area contributed by atoms with Crippen LogP contribution in [-0.2, 0) is 0 Å². The molecule has 2 rings (SSSR count). The molecule has 4 nitrogen and oxygen atoms in total. The first-order valence-corrected chi connectivity index (χ1v) is 8.26. The van der Waals surface area contributed by atoms with Crippen LogP contribution in [0.3, 0.4) is 0 Å². The zero-order valence-corrected chi connectivity index (χ0v) is 13.4. The second kappa shape index (κ2) is 7.05. The fourth-order valence-corrected chi connectivity index (χ4v) is 2.84. The van der Waals surface area contributed by atoms with E-state index < -0.39 is 17.6 Å². The van der Waals surface area contributed by atoms with Gasteiger partial charge >= 0.3 is 6.18 Å². The minimum absolute atomic E-state index is 0.00394. The van der Waals surface area contributed by atoms with Crippen molar-refractivity contribution in [2.75, 3.05) is 6.26 Å². The lowest BCUT2D eigenvalue weighted by Gasteiger charge is -2.07. The van der Waals surface area contributed by atoms with Gasteiger partial charge in [-0.15, -0.1) is 28.0 Å². The number of pyridine rings is 1. The number of halogens is 3. The molecule has 1 N–H and O–H groups in total. The van der Waals surface area contributed by atoms with Gasteiger partial charge in [0.2, 0.25) is 0 Å². The lowest BCUT2D eigenvalue weighted by atomic mass is 10.1. The Morgan fingerprint density at radius 2 is 2.17 bits per heavy atom. The van der Waals surface area contributed by atoms with Crippen LogP contribution in [0.25, 0.3) is 16.1 Å². The SMILES string of the molecule is CSc1cc(-c2cccs2)cc(/C(=C/C(=N)C(F)(F)F)N=O)n1. The number of thioether (sulfide) groups is 1. The first-order valence-electron chi connectivity index (χ1n) is 6.16. The Bertz CT molecular complexity index is 755. The highest BCUT2D eigenvalue weighted by atomic mass is 32.2. The van der Waals surface area contributed by atoms with Crippen molar-refractivity contribution in [2.24, 2.45) is 5.18 Å². The molecule has 0 unspecified atom stereocenters. The van der Waals surface area contributed by atoms with Gasteiger partial charge in [-0.25, -0.2) is 4.98 Å². The molecule has 0 atom stereocenters. The third-order valence-corrected chi connectivity index (χ3v) is 4.31. The molecule has 0 fully saturated rings. The summed E-state index contributed by atoms with van der Waals surface area (Å²) in [6.07, 6.45) is -2.69. The zero-order valence-electron chi connectivity index (χ0n) is 11.7. The summed E-state index contributed by atoms with van der Waals surface area (Å²) in [7, 11) is 0. The smallest absolute Gasteiger partial charge is 0.296 e. The summed E-state index contributed by atoms with van der Waals surface area (Å²) in [5.74, 6) is 0. The molecule has 0 aromatic carbocycles. The molecule has 0 amide bonds. The van der Waals surface area contributed by atoms with Gasteiger partial charge in [0, 0.05) is 4.88 Å². The monoisotopic (exact) mass is 357 g/mol. The molecule has 23 heavy (non-hydrogen) atoms. The van der Waals surface area contributed by atoms with Crippen LogP contribution in [0, 0.1) is 10.3 Å². The van der Waals surface area contributed by atoms with E-state index in [0.29, 0.717) is 11.1 Å². The van der Waals surface area contributed by atoms with E-state index in [0.717, 1.165) is 10.4 Å². The van der Waals surface area contributed by atoms with Crippen LogP contribution in [-0.4, -0.2) is 23.1 Å². The maximum absolute atomic E-state index is 12.5. The second-order valence-electron chi connectivity index (χ2n) is 4.29. The van der Waals surface area contributed by atoms with Gasteiger partial charge in [-0.05, 0) is 46.7 Å². The molecule has 9 heteroatoms. The Morgan fingerprint density at radius 1 is 1.43 bits per heavy atom. The van der Waals surface area contributed by atoms with Gasteiger partial charge in [0.15, 0.2) is 0 Å². The van der Waals surface area contributed by atoms with Gasteiger partial charge < -0.3 is 0 Å². The van der Waals surface area contributed by atoms with E-state index in [1.54, 1.807) is 12.3 Å². The average molecular weight is 357 g/mol. The fraction of sp³-hybridized carbons (Fsp3) is 0.143. The number of aromatic nitrogens is 1. The molecular weight excluding hydrogens is 347 g/mol. The topological polar surface area (TPSA) is 66.2 Å². The summed E-state index contributed by atoms with van der Waals surface area (Å²) in [5.41, 5.74) is -1.45. The summed E-state index contributed by atoms with van der Waals surface area (Å²) in [4.78, 5) is 15.9. The Hall–Kier alpha value is -2.00. The number of nitroso groups, excluding NO2 is 1. The molecule has 0 aliphatic rings. The molecule has 2 aromatic rings. The number of hydrogen-bond donors (Lipinski definition) is 1. The van der Waals surface area contributed by atoms with E-state index in [9.17, 15) is 18.1 Å². The summed E-state index contributed by atoms with van der Waals surface area (Å²) in [6.45, 7) is 0. The molecule has 120 valence electrons. The maximum atomic E-state index is 12.5. The minimum Gasteiger partial charge on any atom is -0.296 e. The van der Waals surface area contributed by atoms with Crippen LogP contribution in [0.5, 0.6) is 0 Å². The van der Waals surface area contributed by atoms with Crippen LogP contribution in [0.4, 0.5) is 13.2 Å². The van der Waals surface area contributed by atoms with Crippen molar-refractivity contribution in [3.05, 3.63) is 46.3 Å². The first kappa shape index (κ1) is 17.4. The van der Waals surface area contributed by atoms with Gasteiger partial charge in [0.1, 0.15) is 11.4 Å². The number of nitrogens with one attached hydrogen (secondary N) is 1. The van der Waals surface area contributed by atoms with Crippen molar-refractivity contribution in [1.29, 1.82) is 5.41 Å². The number of rotatable bonds is 5. The van der Waals surface area contributed by atoms with Crippen molar-refractivity contribution in [1.82, 2.24) is 4.98 Å². The van der Waals surface area contributed by atoms with E-state index in [1.807, 2.05) is 17.5 Å². The van der Waals surface area contributed by atoms with Crippen LogP contribution in [0.2, 0.25) is 0 Å². The van der Waals surface area contributed by atoms with Crippen LogP contribution in [0.15, 0.2) is 45.9 Å². The minimum atomic E-state index is -4.84. The second-order valence-corrected chi connectivity index (χ2v) is 6.07. The third kappa shape index (κ3) is 4.26. The maximum Gasteiger partial charge on any atom is 0.432 e. The highest BCUT2D eigenvalue weighted by Gasteiger charge is 2.33. The number of nitrogens with zero attached hydrogens (tertiary/aromatic N) is 2. The molecule has 2 aromatic heterocycles. The van der Waals surface area contributed by atoms with Crippen LogP contribution >= 0.6 is 23.1 Å². The van der Waals surface area contributed by atoms with Crippen molar-refractivity contribution in [2.45, 2.75) is 11.2 Å². The predicted octanol–water partition coefficient (Wildman–Crippen LogP) is 5.22. The van der Waals surface area contributed by atoms with E-state index in [4.69, 9.17) is 5.41 Å².